The van der Waals surface area contributed by atoms with Gasteiger partial charge in [-0.15, -0.1) is 0 Å². The number of ether oxygens (including phenoxy) is 2. The van der Waals surface area contributed by atoms with Crippen LogP contribution in [0.1, 0.15) is 18.9 Å². The van der Waals surface area contributed by atoms with Crippen LogP contribution in [-0.4, -0.2) is 24.3 Å². The molecule has 0 unspecified atom stereocenters. The van der Waals surface area contributed by atoms with Crippen LogP contribution in [0, 0.1) is 0 Å². The topological polar surface area (TPSA) is 55.8 Å². The Morgan fingerprint density at radius 1 is 1.44 bits per heavy atom. The monoisotopic (exact) mass is 260 g/mol. The van der Waals surface area contributed by atoms with Crippen LogP contribution in [0.3, 0.4) is 0 Å². The number of halogens is 2. The van der Waals surface area contributed by atoms with Gasteiger partial charge in [-0.05, 0) is 37.1 Å². The van der Waals surface area contributed by atoms with E-state index >= 15 is 0 Å². The van der Waals surface area contributed by atoms with Crippen LogP contribution >= 0.6 is 0 Å². The van der Waals surface area contributed by atoms with E-state index in [1.54, 1.807) is 6.92 Å². The number of phenols is 1. The Kier molecular flexibility index (Phi) is 5.35. The van der Waals surface area contributed by atoms with E-state index in [4.69, 9.17) is 4.74 Å². The largest absolute Gasteiger partial charge is 0.508 e. The summed E-state index contributed by atoms with van der Waals surface area (Å²) in [5, 5.41) is 9.28. The molecule has 0 heterocycles. The second kappa shape index (κ2) is 6.78. The van der Waals surface area contributed by atoms with Crippen molar-refractivity contribution in [3.05, 3.63) is 23.8 Å². The first-order valence-corrected chi connectivity index (χ1v) is 5.45. The van der Waals surface area contributed by atoms with Gasteiger partial charge in [0.05, 0.1) is 6.61 Å². The lowest BCUT2D eigenvalue weighted by Crippen LogP contribution is -2.08. The summed E-state index contributed by atoms with van der Waals surface area (Å²) in [6.45, 7) is -1.01. The van der Waals surface area contributed by atoms with Gasteiger partial charge in [-0.2, -0.15) is 8.78 Å². The number of carbonyl (C=O) groups is 1. The molecule has 0 bridgehead atoms. The molecule has 0 radical (unpaired) electrons. The van der Waals surface area contributed by atoms with Gasteiger partial charge in [0.1, 0.15) is 11.5 Å². The van der Waals surface area contributed by atoms with Crippen LogP contribution in [0.15, 0.2) is 18.2 Å². The second-order valence-electron chi connectivity index (χ2n) is 3.48. The Morgan fingerprint density at radius 3 is 2.78 bits per heavy atom. The Hall–Kier alpha value is -1.85. The van der Waals surface area contributed by atoms with Gasteiger partial charge < -0.3 is 14.6 Å². The lowest BCUT2D eigenvalue weighted by Gasteiger charge is -2.10. The highest BCUT2D eigenvalue weighted by molar-refractivity contribution is 5.69. The fourth-order valence-electron chi connectivity index (χ4n) is 1.44. The Labute approximate surface area is 103 Å². The van der Waals surface area contributed by atoms with Crippen molar-refractivity contribution in [1.82, 2.24) is 0 Å². The van der Waals surface area contributed by atoms with Crippen molar-refractivity contribution in [1.29, 1.82) is 0 Å². The molecule has 6 heteroatoms. The zero-order valence-electron chi connectivity index (χ0n) is 9.86. The van der Waals surface area contributed by atoms with Crippen molar-refractivity contribution in [2.45, 2.75) is 26.4 Å². The molecule has 0 atom stereocenters. The quantitative estimate of drug-likeness (QED) is 0.798. The average Bonchev–Trinajstić information content (AvgIpc) is 2.29. The van der Waals surface area contributed by atoms with E-state index in [9.17, 15) is 18.7 Å². The third-order valence-corrected chi connectivity index (χ3v) is 2.16. The lowest BCUT2D eigenvalue weighted by molar-refractivity contribution is -0.143. The molecule has 0 fully saturated rings. The molecule has 1 aromatic rings. The van der Waals surface area contributed by atoms with Crippen LogP contribution < -0.4 is 4.74 Å². The van der Waals surface area contributed by atoms with Crippen LogP contribution in [-0.2, 0) is 16.0 Å². The van der Waals surface area contributed by atoms with E-state index in [0.717, 1.165) is 0 Å². The van der Waals surface area contributed by atoms with E-state index in [1.807, 2.05) is 0 Å². The smallest absolute Gasteiger partial charge is 0.387 e. The molecule has 100 valence electrons. The molecule has 1 rings (SSSR count). The zero-order valence-corrected chi connectivity index (χ0v) is 9.86. The van der Waals surface area contributed by atoms with Gasteiger partial charge in [-0.25, -0.2) is 0 Å². The summed E-state index contributed by atoms with van der Waals surface area (Å²) < 4.78 is 33.3. The maximum absolute atomic E-state index is 12.1. The number of aromatic hydroxyl groups is 1. The third kappa shape index (κ3) is 4.57. The van der Waals surface area contributed by atoms with Gasteiger partial charge in [-0.1, -0.05) is 0 Å². The van der Waals surface area contributed by atoms with E-state index < -0.39 is 12.6 Å². The predicted octanol–water partition coefficient (Wildman–Crippen LogP) is 2.49. The number of hydrogen-bond donors (Lipinski definition) is 1. The molecule has 4 nitrogen and oxygen atoms in total. The molecule has 18 heavy (non-hydrogen) atoms. The standard InChI is InChI=1S/C12H14F2O4/c1-2-17-11(16)6-3-8-7-9(15)4-5-10(8)18-12(13)14/h4-5,7,12,15H,2-3,6H2,1H3. The summed E-state index contributed by atoms with van der Waals surface area (Å²) in [6.07, 6.45) is 0.201. The van der Waals surface area contributed by atoms with Crippen molar-refractivity contribution < 1.29 is 28.2 Å². The van der Waals surface area contributed by atoms with E-state index in [-0.39, 0.29) is 30.9 Å². The van der Waals surface area contributed by atoms with Gasteiger partial charge in [-0.3, -0.25) is 4.79 Å². The molecule has 0 saturated carbocycles. The van der Waals surface area contributed by atoms with Crippen LogP contribution in [0.5, 0.6) is 11.5 Å². The first-order valence-electron chi connectivity index (χ1n) is 5.45. The third-order valence-electron chi connectivity index (χ3n) is 2.16. The van der Waals surface area contributed by atoms with Gasteiger partial charge in [0.25, 0.3) is 0 Å². The zero-order chi connectivity index (χ0) is 13.5. The molecule has 0 saturated heterocycles. The molecule has 0 spiro atoms. The molecule has 0 aromatic heterocycles. The first-order chi connectivity index (χ1) is 8.52. The number of phenolic OH excluding ortho intramolecular Hbond substituents is 1. The minimum Gasteiger partial charge on any atom is -0.508 e. The van der Waals surface area contributed by atoms with Crippen molar-refractivity contribution in [3.8, 4) is 11.5 Å². The summed E-state index contributed by atoms with van der Waals surface area (Å²) in [5.41, 5.74) is 0.336. The average molecular weight is 260 g/mol. The van der Waals surface area contributed by atoms with E-state index in [1.165, 1.54) is 18.2 Å². The summed E-state index contributed by atoms with van der Waals surface area (Å²) in [5.74, 6) is -0.550. The van der Waals surface area contributed by atoms with Gasteiger partial charge >= 0.3 is 12.6 Å². The second-order valence-corrected chi connectivity index (χ2v) is 3.48. The van der Waals surface area contributed by atoms with Gasteiger partial charge in [0.2, 0.25) is 0 Å². The summed E-state index contributed by atoms with van der Waals surface area (Å²) in [7, 11) is 0. The van der Waals surface area contributed by atoms with Crippen molar-refractivity contribution in [3.63, 3.8) is 0 Å². The number of hydrogen-bond acceptors (Lipinski definition) is 4. The molecule has 0 aliphatic rings. The van der Waals surface area contributed by atoms with Crippen molar-refractivity contribution >= 4 is 5.97 Å². The van der Waals surface area contributed by atoms with Crippen molar-refractivity contribution in [2.75, 3.05) is 6.61 Å². The SMILES string of the molecule is CCOC(=O)CCc1cc(O)ccc1OC(F)F. The number of alkyl halides is 2. The van der Waals surface area contributed by atoms with E-state index in [2.05, 4.69) is 4.74 Å². The first kappa shape index (κ1) is 14.2. The highest BCUT2D eigenvalue weighted by Crippen LogP contribution is 2.26. The number of rotatable bonds is 6. The summed E-state index contributed by atoms with van der Waals surface area (Å²) in [4.78, 5) is 11.2. The Morgan fingerprint density at radius 2 is 2.17 bits per heavy atom. The highest BCUT2D eigenvalue weighted by Gasteiger charge is 2.12. The predicted molar refractivity (Wildman–Crippen MR) is 59.7 cm³/mol. The number of carbonyl (C=O) groups excluding carboxylic acids is 1. The van der Waals surface area contributed by atoms with Crippen LogP contribution in [0.4, 0.5) is 8.78 Å². The Bertz CT molecular complexity index is 407. The normalized spacial score (nSPS) is 10.4. The maximum Gasteiger partial charge on any atom is 0.387 e. The van der Waals surface area contributed by atoms with Crippen LogP contribution in [0.2, 0.25) is 0 Å². The molecule has 0 aliphatic heterocycles. The van der Waals surface area contributed by atoms with Gasteiger partial charge in [0, 0.05) is 6.42 Å². The molecule has 1 N–H and O–H groups in total. The Balaban J connectivity index is 2.72. The van der Waals surface area contributed by atoms with Crippen molar-refractivity contribution in [2.24, 2.45) is 0 Å². The van der Waals surface area contributed by atoms with Gasteiger partial charge in [0.15, 0.2) is 0 Å². The lowest BCUT2D eigenvalue weighted by atomic mass is 10.1. The number of esters is 1. The van der Waals surface area contributed by atoms with Crippen LogP contribution in [0.25, 0.3) is 0 Å². The fraction of sp³-hybridized carbons (Fsp3) is 0.417. The number of benzene rings is 1. The molecule has 1 aromatic carbocycles. The minimum atomic E-state index is -2.95. The molecule has 0 aliphatic carbocycles. The maximum atomic E-state index is 12.1. The highest BCUT2D eigenvalue weighted by atomic mass is 19.3. The fourth-order valence-corrected chi connectivity index (χ4v) is 1.44. The molecular formula is C12H14F2O4. The minimum absolute atomic E-state index is 0.0386. The summed E-state index contributed by atoms with van der Waals surface area (Å²) in [6, 6.07) is 3.77. The van der Waals surface area contributed by atoms with E-state index in [0.29, 0.717) is 5.56 Å². The number of aryl methyl sites for hydroxylation is 1. The molecule has 0 amide bonds. The molecular weight excluding hydrogens is 246 g/mol. The summed E-state index contributed by atoms with van der Waals surface area (Å²) >= 11 is 0.